The normalized spacial score (nSPS) is 9.63. The van der Waals surface area contributed by atoms with Crippen LogP contribution < -0.4 is 4.68 Å². The number of imidazole rings is 1. The molecule has 0 atom stereocenters. The van der Waals surface area contributed by atoms with E-state index in [1.165, 1.54) is 37.8 Å². The molecular weight excluding hydrogens is 388 g/mol. The molecule has 3 heterocycles. The topological polar surface area (TPSA) is 37.5 Å². The first-order chi connectivity index (χ1) is 13.1. The van der Waals surface area contributed by atoms with Gasteiger partial charge in [-0.2, -0.15) is 5.10 Å². The SMILES string of the molecule is C.C.Cc1cc(C)[n+](C)[nH]1.Cc1cc(C)c(C)s1.Cc1cccc2c1nc(C)n2C. The summed E-state index contributed by atoms with van der Waals surface area (Å²) in [6, 6.07) is 10.6. The van der Waals surface area contributed by atoms with Crippen LogP contribution in [0, 0.1) is 48.5 Å². The monoisotopic (exact) mass is 429 g/mol. The van der Waals surface area contributed by atoms with Crippen LogP contribution in [-0.2, 0) is 14.1 Å². The molecule has 0 aliphatic carbocycles. The third-order valence-electron chi connectivity index (χ3n) is 4.92. The molecule has 3 aromatic heterocycles. The van der Waals surface area contributed by atoms with Gasteiger partial charge in [-0.3, -0.25) is 0 Å². The molecule has 0 aliphatic heterocycles. The number of hydrogen-bond donors (Lipinski definition) is 1. The molecule has 4 rings (SSSR count). The average molecular weight is 430 g/mol. The molecule has 0 bridgehead atoms. The fourth-order valence-electron chi connectivity index (χ4n) is 3.02. The van der Waals surface area contributed by atoms with Crippen molar-refractivity contribution in [1.29, 1.82) is 0 Å². The summed E-state index contributed by atoms with van der Waals surface area (Å²) in [7, 11) is 4.05. The first-order valence-electron chi connectivity index (χ1n) is 9.54. The first kappa shape index (κ1) is 27.6. The highest BCUT2D eigenvalue weighted by Gasteiger charge is 2.04. The summed E-state index contributed by atoms with van der Waals surface area (Å²) in [5.74, 6) is 1.07. The van der Waals surface area contributed by atoms with E-state index in [2.05, 4.69) is 79.6 Å². The van der Waals surface area contributed by atoms with E-state index in [0.717, 1.165) is 11.3 Å². The Kier molecular flexibility index (Phi) is 10.8. The standard InChI is InChI=1S/C10H12N2.C7H10S.C6H10N2.2CH4/c1-7-5-4-6-9-10(7)11-8(2)12(9)3;1-5-4-6(2)8-7(5)3;1-5-4-6(2)8(3)7-5;;/h4-6H,1-3H3;2*4H,1-3H3;2*1H4/p+1. The molecule has 0 fully saturated rings. The predicted molar refractivity (Wildman–Crippen MR) is 134 cm³/mol. The van der Waals surface area contributed by atoms with Gasteiger partial charge in [-0.15, -0.1) is 16.0 Å². The van der Waals surface area contributed by atoms with E-state index < -0.39 is 0 Å². The molecule has 4 aromatic rings. The van der Waals surface area contributed by atoms with Gasteiger partial charge in [-0.1, -0.05) is 27.0 Å². The van der Waals surface area contributed by atoms with E-state index in [1.807, 2.05) is 44.0 Å². The van der Waals surface area contributed by atoms with Gasteiger partial charge in [0.1, 0.15) is 5.82 Å². The van der Waals surface area contributed by atoms with Crippen LogP contribution in [0.15, 0.2) is 30.3 Å². The minimum absolute atomic E-state index is 0. The molecule has 30 heavy (non-hydrogen) atoms. The summed E-state index contributed by atoms with van der Waals surface area (Å²) in [4.78, 5) is 7.34. The lowest BCUT2D eigenvalue weighted by molar-refractivity contribution is -0.732. The Balaban J connectivity index is 0.000000420. The van der Waals surface area contributed by atoms with Crippen LogP contribution in [-0.4, -0.2) is 14.6 Å². The minimum Gasteiger partial charge on any atom is -0.331 e. The smallest absolute Gasteiger partial charge is 0.204 e. The first-order valence-corrected chi connectivity index (χ1v) is 10.4. The van der Waals surface area contributed by atoms with Crippen LogP contribution in [0.1, 0.15) is 52.9 Å². The quantitative estimate of drug-likeness (QED) is 0.314. The fraction of sp³-hybridized carbons (Fsp3) is 0.440. The number of nitrogens with one attached hydrogen (secondary N) is 1. The second-order valence-corrected chi connectivity index (χ2v) is 8.86. The fourth-order valence-corrected chi connectivity index (χ4v) is 3.96. The Bertz CT molecular complexity index is 983. The van der Waals surface area contributed by atoms with E-state index >= 15 is 0 Å². The zero-order valence-corrected chi connectivity index (χ0v) is 19.5. The second-order valence-electron chi connectivity index (χ2n) is 7.40. The molecule has 1 aromatic carbocycles. The van der Waals surface area contributed by atoms with Crippen LogP contribution in [0.5, 0.6) is 0 Å². The van der Waals surface area contributed by atoms with Crippen molar-refractivity contribution in [2.24, 2.45) is 14.1 Å². The van der Waals surface area contributed by atoms with Crippen molar-refractivity contribution in [3.8, 4) is 0 Å². The van der Waals surface area contributed by atoms with Gasteiger partial charge in [0.15, 0.2) is 7.05 Å². The lowest BCUT2D eigenvalue weighted by Crippen LogP contribution is -2.32. The number of fused-ring (bicyclic) bond motifs is 1. The van der Waals surface area contributed by atoms with Crippen molar-refractivity contribution in [2.75, 3.05) is 0 Å². The van der Waals surface area contributed by atoms with Crippen LogP contribution in [0.25, 0.3) is 11.0 Å². The number of benzene rings is 1. The van der Waals surface area contributed by atoms with Gasteiger partial charge in [0, 0.05) is 29.8 Å². The number of rotatable bonds is 0. The molecule has 0 aliphatic rings. The largest absolute Gasteiger partial charge is 0.331 e. The summed E-state index contributed by atoms with van der Waals surface area (Å²) >= 11 is 1.87. The highest BCUT2D eigenvalue weighted by atomic mass is 32.1. The van der Waals surface area contributed by atoms with Crippen molar-refractivity contribution < 1.29 is 4.68 Å². The summed E-state index contributed by atoms with van der Waals surface area (Å²) in [5, 5.41) is 3.12. The number of aromatic nitrogens is 4. The molecule has 0 unspecified atom stereocenters. The summed E-state index contributed by atoms with van der Waals surface area (Å²) in [5.41, 5.74) is 7.49. The maximum atomic E-state index is 4.48. The number of nitrogens with zero attached hydrogens (tertiary/aromatic N) is 3. The number of para-hydroxylation sites is 1. The third kappa shape index (κ3) is 6.84. The van der Waals surface area contributed by atoms with Gasteiger partial charge in [0.25, 0.3) is 0 Å². The number of aromatic amines is 1. The Labute approximate surface area is 187 Å². The molecule has 0 spiro atoms. The van der Waals surface area contributed by atoms with Gasteiger partial charge in [-0.05, 0) is 64.8 Å². The Morgan fingerprint density at radius 1 is 0.933 bits per heavy atom. The van der Waals surface area contributed by atoms with Gasteiger partial charge in [0.2, 0.25) is 5.69 Å². The maximum absolute atomic E-state index is 4.48. The van der Waals surface area contributed by atoms with E-state index in [0.29, 0.717) is 0 Å². The highest BCUT2D eigenvalue weighted by Crippen LogP contribution is 2.18. The van der Waals surface area contributed by atoms with Crippen LogP contribution in [0.3, 0.4) is 0 Å². The van der Waals surface area contributed by atoms with E-state index in [-0.39, 0.29) is 14.9 Å². The number of hydrogen-bond acceptors (Lipinski definition) is 2. The van der Waals surface area contributed by atoms with Crippen LogP contribution in [0.2, 0.25) is 0 Å². The molecule has 0 saturated carbocycles. The second kappa shape index (κ2) is 11.7. The molecular formula is C25H41N4S+. The zero-order chi connectivity index (χ0) is 21.0. The highest BCUT2D eigenvalue weighted by molar-refractivity contribution is 7.12. The lowest BCUT2D eigenvalue weighted by Gasteiger charge is -1.96. The molecule has 4 nitrogen and oxygen atoms in total. The van der Waals surface area contributed by atoms with Crippen molar-refractivity contribution in [2.45, 2.75) is 63.3 Å². The van der Waals surface area contributed by atoms with E-state index in [1.54, 1.807) is 0 Å². The number of thiophene rings is 1. The van der Waals surface area contributed by atoms with E-state index in [9.17, 15) is 0 Å². The average Bonchev–Trinajstić information content (AvgIpc) is 3.19. The van der Waals surface area contributed by atoms with Crippen LogP contribution in [0.4, 0.5) is 0 Å². The molecule has 0 radical (unpaired) electrons. The van der Waals surface area contributed by atoms with E-state index in [4.69, 9.17) is 0 Å². The molecule has 0 saturated heterocycles. The Morgan fingerprint density at radius 3 is 1.90 bits per heavy atom. The lowest BCUT2D eigenvalue weighted by atomic mass is 10.2. The van der Waals surface area contributed by atoms with Gasteiger partial charge >= 0.3 is 0 Å². The van der Waals surface area contributed by atoms with Gasteiger partial charge in [-0.25, -0.2) is 4.98 Å². The number of H-pyrrole nitrogens is 1. The van der Waals surface area contributed by atoms with Gasteiger partial charge in [0.05, 0.1) is 16.7 Å². The third-order valence-corrected chi connectivity index (χ3v) is 5.99. The Morgan fingerprint density at radius 2 is 1.57 bits per heavy atom. The predicted octanol–water partition coefficient (Wildman–Crippen LogP) is 6.59. The minimum atomic E-state index is 0. The maximum Gasteiger partial charge on any atom is 0.204 e. The summed E-state index contributed by atoms with van der Waals surface area (Å²) < 4.78 is 4.11. The molecule has 0 amide bonds. The van der Waals surface area contributed by atoms with Crippen molar-refractivity contribution in [1.82, 2.24) is 14.6 Å². The number of aryl methyl sites for hydroxylation is 9. The molecule has 5 heteroatoms. The van der Waals surface area contributed by atoms with Gasteiger partial charge < -0.3 is 4.57 Å². The molecule has 166 valence electrons. The summed E-state index contributed by atoms with van der Waals surface area (Å²) in [6.45, 7) is 14.7. The van der Waals surface area contributed by atoms with Crippen molar-refractivity contribution in [3.63, 3.8) is 0 Å². The Hall–Kier alpha value is -2.40. The van der Waals surface area contributed by atoms with Crippen molar-refractivity contribution >= 4 is 22.4 Å². The summed E-state index contributed by atoms with van der Waals surface area (Å²) in [6.07, 6.45) is 0. The van der Waals surface area contributed by atoms with Crippen molar-refractivity contribution in [3.05, 3.63) is 68.4 Å². The molecule has 1 N–H and O–H groups in total. The van der Waals surface area contributed by atoms with Crippen LogP contribution >= 0.6 is 11.3 Å². The zero-order valence-electron chi connectivity index (χ0n) is 18.6.